The van der Waals surface area contributed by atoms with Gasteiger partial charge >= 0.3 is 5.92 Å². The molecule has 2 aromatic carbocycles. The van der Waals surface area contributed by atoms with Crippen molar-refractivity contribution in [3.63, 3.8) is 0 Å². The molecule has 0 radical (unpaired) electrons. The molecule has 0 spiro atoms. The Morgan fingerprint density at radius 2 is 1.94 bits per heavy atom. The van der Waals surface area contributed by atoms with E-state index in [-0.39, 0.29) is 37.7 Å². The van der Waals surface area contributed by atoms with Gasteiger partial charge in [-0.15, -0.1) is 0 Å². The minimum Gasteiger partial charge on any atom is -0.384 e. The van der Waals surface area contributed by atoms with Gasteiger partial charge in [-0.2, -0.15) is 8.78 Å². The van der Waals surface area contributed by atoms with Gasteiger partial charge in [0.2, 0.25) is 19.8 Å². The maximum absolute atomic E-state index is 14.9. The standard InChI is InChI=1S/C22H20B2ClF2N3O4/c23-15-8-13(2-4-16(15)25)22(26,27)21(34)30(24)9-11-1-3-14-12(7-11)10-29(20(14)33)17-5-6-18(31)28-19(17)32/h1-4,7-8,17H,5-6,9-10,23-24H2,(H,28,31,32). The summed E-state index contributed by atoms with van der Waals surface area (Å²) in [4.78, 5) is 51.3. The highest BCUT2D eigenvalue weighted by Crippen LogP contribution is 2.32. The van der Waals surface area contributed by atoms with E-state index in [0.717, 1.165) is 10.9 Å². The number of halogens is 3. The Morgan fingerprint density at radius 1 is 1.21 bits per heavy atom. The van der Waals surface area contributed by atoms with Gasteiger partial charge in [-0.3, -0.25) is 24.5 Å². The lowest BCUT2D eigenvalue weighted by Gasteiger charge is -2.29. The molecule has 1 unspecified atom stereocenters. The molecule has 2 aliphatic heterocycles. The summed E-state index contributed by atoms with van der Waals surface area (Å²) in [6, 6.07) is 7.75. The number of nitrogens with zero attached hydrogens (tertiary/aromatic N) is 2. The number of nitrogens with one attached hydrogen (secondary N) is 1. The van der Waals surface area contributed by atoms with Crippen LogP contribution in [0.2, 0.25) is 5.02 Å². The van der Waals surface area contributed by atoms with Crippen LogP contribution >= 0.6 is 11.6 Å². The molecule has 2 aromatic rings. The molecular formula is C22H20B2ClF2N3O4. The first-order valence-electron chi connectivity index (χ1n) is 10.7. The van der Waals surface area contributed by atoms with Crippen molar-refractivity contribution in [3.8, 4) is 0 Å². The highest BCUT2D eigenvalue weighted by molar-refractivity contribution is 6.45. The Hall–Kier alpha value is -3.20. The van der Waals surface area contributed by atoms with Crippen LogP contribution in [0.25, 0.3) is 0 Å². The van der Waals surface area contributed by atoms with Crippen LogP contribution in [0.4, 0.5) is 8.78 Å². The molecule has 4 amide bonds. The Kier molecular flexibility index (Phi) is 6.24. The minimum absolute atomic E-state index is 0.0963. The molecular weight excluding hydrogens is 465 g/mol. The molecule has 2 heterocycles. The van der Waals surface area contributed by atoms with E-state index >= 15 is 0 Å². The van der Waals surface area contributed by atoms with Gasteiger partial charge < -0.3 is 9.71 Å². The van der Waals surface area contributed by atoms with Crippen LogP contribution in [0, 0.1) is 0 Å². The molecule has 174 valence electrons. The number of hydrogen-bond donors (Lipinski definition) is 1. The molecule has 0 bridgehead atoms. The Balaban J connectivity index is 1.48. The number of alkyl halides is 2. The molecule has 4 rings (SSSR count). The third-order valence-electron chi connectivity index (χ3n) is 6.14. The van der Waals surface area contributed by atoms with Crippen molar-refractivity contribution in [3.05, 3.63) is 63.7 Å². The average molecular weight is 485 g/mol. The maximum Gasteiger partial charge on any atom is 0.348 e. The van der Waals surface area contributed by atoms with E-state index < -0.39 is 29.3 Å². The van der Waals surface area contributed by atoms with E-state index in [1.54, 1.807) is 26.0 Å². The predicted molar refractivity (Wildman–Crippen MR) is 125 cm³/mol. The molecule has 1 fully saturated rings. The number of carbonyl (C=O) groups is 4. The lowest BCUT2D eigenvalue weighted by Crippen LogP contribution is -2.52. The van der Waals surface area contributed by atoms with Crippen molar-refractivity contribution in [1.29, 1.82) is 0 Å². The number of rotatable bonds is 5. The average Bonchev–Trinajstić information content (AvgIpc) is 3.10. The van der Waals surface area contributed by atoms with Gasteiger partial charge in [-0.25, -0.2) is 0 Å². The first-order chi connectivity index (χ1) is 16.0. The van der Waals surface area contributed by atoms with Crippen molar-refractivity contribution in [2.75, 3.05) is 0 Å². The van der Waals surface area contributed by atoms with E-state index in [9.17, 15) is 28.0 Å². The lowest BCUT2D eigenvalue weighted by atomic mass is 9.92. The van der Waals surface area contributed by atoms with E-state index in [0.29, 0.717) is 27.2 Å². The molecule has 34 heavy (non-hydrogen) atoms. The molecule has 1 atom stereocenters. The second kappa shape index (κ2) is 8.87. The first-order valence-corrected chi connectivity index (χ1v) is 11.0. The van der Waals surface area contributed by atoms with Gasteiger partial charge in [-0.1, -0.05) is 41.3 Å². The Bertz CT molecular complexity index is 1230. The van der Waals surface area contributed by atoms with Gasteiger partial charge in [0.15, 0.2) is 0 Å². The Morgan fingerprint density at radius 3 is 2.62 bits per heavy atom. The summed E-state index contributed by atoms with van der Waals surface area (Å²) in [7, 11) is 2.87. The fourth-order valence-electron chi connectivity index (χ4n) is 4.27. The summed E-state index contributed by atoms with van der Waals surface area (Å²) < 4.78 is 29.7. The molecule has 0 saturated carbocycles. The van der Waals surface area contributed by atoms with Crippen molar-refractivity contribution in [2.45, 2.75) is 37.9 Å². The van der Waals surface area contributed by atoms with Gasteiger partial charge in [0, 0.05) is 35.7 Å². The van der Waals surface area contributed by atoms with Gasteiger partial charge in [-0.05, 0) is 29.7 Å². The van der Waals surface area contributed by atoms with Crippen LogP contribution in [-0.2, 0) is 33.4 Å². The van der Waals surface area contributed by atoms with Gasteiger partial charge in [0.25, 0.3) is 11.8 Å². The van der Waals surface area contributed by atoms with E-state index in [1.165, 1.54) is 25.0 Å². The second-order valence-corrected chi connectivity index (χ2v) is 9.00. The molecule has 0 aliphatic carbocycles. The molecule has 0 aromatic heterocycles. The zero-order valence-electron chi connectivity index (χ0n) is 18.5. The van der Waals surface area contributed by atoms with Crippen LogP contribution in [0.1, 0.15) is 39.9 Å². The van der Waals surface area contributed by atoms with Crippen LogP contribution < -0.4 is 10.8 Å². The quantitative estimate of drug-likeness (QED) is 0.478. The van der Waals surface area contributed by atoms with Crippen molar-refractivity contribution in [1.82, 2.24) is 15.0 Å². The largest absolute Gasteiger partial charge is 0.384 e. The maximum atomic E-state index is 14.9. The van der Waals surface area contributed by atoms with Gasteiger partial charge in [0.1, 0.15) is 13.9 Å². The highest BCUT2D eigenvalue weighted by atomic mass is 35.5. The third kappa shape index (κ3) is 4.32. The number of hydrogen-bond acceptors (Lipinski definition) is 4. The van der Waals surface area contributed by atoms with E-state index in [1.807, 2.05) is 0 Å². The molecule has 2 aliphatic rings. The molecule has 12 heteroatoms. The fraction of sp³-hybridized carbons (Fsp3) is 0.273. The molecule has 1 N–H and O–H groups in total. The SMILES string of the molecule is Bc1cc(C(F)(F)C(=O)N(B)Cc2ccc3c(c2)CN(C2CCC(=O)NC2=O)C3=O)ccc1Cl. The summed E-state index contributed by atoms with van der Waals surface area (Å²) in [6.07, 6.45) is 0.393. The first kappa shape index (κ1) is 23.9. The normalized spacial score (nSPS) is 18.0. The van der Waals surface area contributed by atoms with Crippen molar-refractivity contribution in [2.24, 2.45) is 0 Å². The second-order valence-electron chi connectivity index (χ2n) is 8.59. The smallest absolute Gasteiger partial charge is 0.348 e. The summed E-state index contributed by atoms with van der Waals surface area (Å²) >= 11 is 5.91. The van der Waals surface area contributed by atoms with Crippen LogP contribution in [0.15, 0.2) is 36.4 Å². The lowest BCUT2D eigenvalue weighted by molar-refractivity contribution is -0.154. The summed E-state index contributed by atoms with van der Waals surface area (Å²) in [5, 5.41) is 2.58. The number of piperidine rings is 1. The summed E-state index contributed by atoms with van der Waals surface area (Å²) in [5.41, 5.74) is 1.61. The van der Waals surface area contributed by atoms with Crippen molar-refractivity contribution >= 4 is 56.5 Å². The highest BCUT2D eigenvalue weighted by Gasteiger charge is 2.43. The number of fused-ring (bicyclic) bond motifs is 1. The Labute approximate surface area is 201 Å². The monoisotopic (exact) mass is 485 g/mol. The predicted octanol–water partition coefficient (Wildman–Crippen LogP) is 0.0281. The molecule has 1 saturated heterocycles. The zero-order chi connectivity index (χ0) is 24.8. The number of imide groups is 1. The minimum atomic E-state index is -3.74. The number of amides is 4. The zero-order valence-corrected chi connectivity index (χ0v) is 19.3. The van der Waals surface area contributed by atoms with Gasteiger partial charge in [0.05, 0.1) is 0 Å². The number of benzene rings is 2. The van der Waals surface area contributed by atoms with E-state index in [2.05, 4.69) is 5.32 Å². The molecule has 7 nitrogen and oxygen atoms in total. The topological polar surface area (TPSA) is 86.8 Å². The van der Waals surface area contributed by atoms with Crippen molar-refractivity contribution < 1.29 is 28.0 Å². The fourth-order valence-corrected chi connectivity index (χ4v) is 4.39. The van der Waals surface area contributed by atoms with Crippen LogP contribution in [0.3, 0.4) is 0 Å². The number of carbonyl (C=O) groups excluding carboxylic acids is 4. The van der Waals surface area contributed by atoms with Crippen LogP contribution in [0.5, 0.6) is 0 Å². The van der Waals surface area contributed by atoms with E-state index in [4.69, 9.17) is 11.6 Å². The van der Waals surface area contributed by atoms with Crippen LogP contribution in [-0.4, -0.2) is 55.2 Å². The summed E-state index contributed by atoms with van der Waals surface area (Å²) in [6.45, 7) is 0.0625. The third-order valence-corrected chi connectivity index (χ3v) is 6.57. The summed E-state index contributed by atoms with van der Waals surface area (Å²) in [5.74, 6) is -6.31.